The largest absolute Gasteiger partial charge is 0.469 e. The average molecular weight is 436 g/mol. The predicted molar refractivity (Wildman–Crippen MR) is 117 cm³/mol. The van der Waals surface area contributed by atoms with Gasteiger partial charge in [0.05, 0.1) is 18.4 Å². The van der Waals surface area contributed by atoms with Crippen molar-refractivity contribution in [3.8, 4) is 0 Å². The summed E-state index contributed by atoms with van der Waals surface area (Å²) in [5, 5.41) is 11.5. The number of amides is 1. The molecule has 1 aromatic carbocycles. The summed E-state index contributed by atoms with van der Waals surface area (Å²) in [4.78, 5) is 40.1. The maximum atomic E-state index is 13.0. The molecule has 172 valence electrons. The van der Waals surface area contributed by atoms with Crippen LogP contribution in [-0.4, -0.2) is 68.3 Å². The Balaban J connectivity index is 2.36. The highest BCUT2D eigenvalue weighted by Crippen LogP contribution is 2.46. The van der Waals surface area contributed by atoms with Crippen molar-refractivity contribution in [1.82, 2.24) is 4.90 Å². The van der Waals surface area contributed by atoms with Crippen LogP contribution in [0.4, 0.5) is 10.5 Å². The lowest BCUT2D eigenvalue weighted by atomic mass is 9.66. The van der Waals surface area contributed by atoms with Gasteiger partial charge in [-0.2, -0.15) is 0 Å². The maximum absolute atomic E-state index is 13.0. The van der Waals surface area contributed by atoms with Crippen molar-refractivity contribution in [2.45, 2.75) is 45.1 Å². The fourth-order valence-electron chi connectivity index (χ4n) is 4.07. The number of methoxy groups -OCH3 is 1. The third-order valence-electron chi connectivity index (χ3n) is 5.71. The summed E-state index contributed by atoms with van der Waals surface area (Å²) in [6, 6.07) is 7.41. The van der Waals surface area contributed by atoms with Gasteiger partial charge in [0.15, 0.2) is 0 Å². The number of likely N-dealkylation sites (tertiary alicyclic amines) is 1. The van der Waals surface area contributed by atoms with Crippen LogP contribution in [-0.2, 0) is 14.3 Å². The summed E-state index contributed by atoms with van der Waals surface area (Å²) in [6.07, 6.45) is 0.0619. The second kappa shape index (κ2) is 9.53. The number of anilines is 1. The first-order valence-electron chi connectivity index (χ1n) is 10.3. The molecule has 1 amide bonds. The summed E-state index contributed by atoms with van der Waals surface area (Å²) in [6.45, 7) is 5.49. The monoisotopic (exact) mass is 435 g/mol. The molecule has 1 aliphatic heterocycles. The van der Waals surface area contributed by atoms with Gasteiger partial charge in [0, 0.05) is 37.8 Å². The molecule has 9 heteroatoms. The molecule has 1 unspecified atom stereocenters. The summed E-state index contributed by atoms with van der Waals surface area (Å²) in [5.74, 6) is -1.16. The number of rotatable bonds is 6. The number of nitrogens with zero attached hydrogens (tertiary/aromatic N) is 3. The highest BCUT2D eigenvalue weighted by Gasteiger charge is 2.52. The van der Waals surface area contributed by atoms with Gasteiger partial charge in [-0.25, -0.2) is 4.79 Å². The van der Waals surface area contributed by atoms with Gasteiger partial charge in [-0.3, -0.25) is 14.9 Å². The highest BCUT2D eigenvalue weighted by atomic mass is 16.6. The quantitative estimate of drug-likeness (QED) is 0.384. The third-order valence-corrected chi connectivity index (χ3v) is 5.71. The number of carbonyl (C=O) groups excluding carboxylic acids is 2. The molecule has 9 nitrogen and oxygen atoms in total. The van der Waals surface area contributed by atoms with Gasteiger partial charge in [-0.05, 0) is 51.3 Å². The molecule has 1 aliphatic rings. The molecule has 0 N–H and O–H groups in total. The Bertz CT molecular complexity index is 792. The van der Waals surface area contributed by atoms with Gasteiger partial charge >= 0.3 is 12.1 Å². The third kappa shape index (κ3) is 5.86. The normalized spacial score (nSPS) is 16.9. The van der Waals surface area contributed by atoms with Crippen LogP contribution >= 0.6 is 0 Å². The zero-order valence-corrected chi connectivity index (χ0v) is 19.2. The first kappa shape index (κ1) is 24.4. The van der Waals surface area contributed by atoms with E-state index in [1.165, 1.54) is 7.11 Å². The number of nitro groups is 1. The number of hydrogen-bond acceptors (Lipinski definition) is 7. The molecule has 1 atom stereocenters. The summed E-state index contributed by atoms with van der Waals surface area (Å²) < 4.78 is 10.5. The smallest absolute Gasteiger partial charge is 0.410 e. The number of hydrogen-bond donors (Lipinski definition) is 0. The zero-order chi connectivity index (χ0) is 23.4. The van der Waals surface area contributed by atoms with Crippen LogP contribution in [0.15, 0.2) is 24.3 Å². The second-order valence-corrected chi connectivity index (χ2v) is 9.17. The van der Waals surface area contributed by atoms with E-state index in [0.29, 0.717) is 5.56 Å². The Labute approximate surface area is 183 Å². The topological polar surface area (TPSA) is 102 Å². The minimum absolute atomic E-state index is 0.257. The van der Waals surface area contributed by atoms with Gasteiger partial charge in [-0.15, -0.1) is 0 Å². The molecule has 0 spiro atoms. The van der Waals surface area contributed by atoms with E-state index in [-0.39, 0.29) is 25.9 Å². The van der Waals surface area contributed by atoms with Crippen molar-refractivity contribution in [3.05, 3.63) is 39.9 Å². The van der Waals surface area contributed by atoms with E-state index in [1.54, 1.807) is 25.7 Å². The fourth-order valence-corrected chi connectivity index (χ4v) is 4.07. The molecule has 1 fully saturated rings. The lowest BCUT2D eigenvalue weighted by Crippen LogP contribution is -2.51. The first-order chi connectivity index (χ1) is 14.4. The van der Waals surface area contributed by atoms with E-state index in [9.17, 15) is 19.7 Å². The van der Waals surface area contributed by atoms with Crippen molar-refractivity contribution in [2.24, 2.45) is 5.41 Å². The first-order valence-corrected chi connectivity index (χ1v) is 10.3. The summed E-state index contributed by atoms with van der Waals surface area (Å²) >= 11 is 0. The molecule has 0 saturated carbocycles. The van der Waals surface area contributed by atoms with Crippen LogP contribution in [0.25, 0.3) is 0 Å². The SMILES string of the molecule is COC(=O)C1(C(C[N+](=O)[O-])c2ccc(N(C)C)cc2)CCN(C(=O)OC(C)(C)C)CC1. The van der Waals surface area contributed by atoms with E-state index in [4.69, 9.17) is 9.47 Å². The molecule has 0 radical (unpaired) electrons. The number of carbonyl (C=O) groups is 2. The van der Waals surface area contributed by atoms with Gasteiger partial charge in [-0.1, -0.05) is 12.1 Å². The Hall–Kier alpha value is -2.84. The van der Waals surface area contributed by atoms with E-state index in [1.807, 2.05) is 43.3 Å². The van der Waals surface area contributed by atoms with Crippen LogP contribution in [0.5, 0.6) is 0 Å². The molecular weight excluding hydrogens is 402 g/mol. The molecule has 0 bridgehead atoms. The Morgan fingerprint density at radius 2 is 1.74 bits per heavy atom. The molecule has 1 saturated heterocycles. The second-order valence-electron chi connectivity index (χ2n) is 9.17. The minimum Gasteiger partial charge on any atom is -0.469 e. The Morgan fingerprint density at radius 3 is 2.16 bits per heavy atom. The van der Waals surface area contributed by atoms with E-state index in [2.05, 4.69) is 0 Å². The Kier molecular flexibility index (Phi) is 7.51. The van der Waals surface area contributed by atoms with Gasteiger partial charge < -0.3 is 19.3 Å². The lowest BCUT2D eigenvalue weighted by molar-refractivity contribution is -0.486. The predicted octanol–water partition coefficient (Wildman–Crippen LogP) is 3.30. The van der Waals surface area contributed by atoms with Gasteiger partial charge in [0.25, 0.3) is 0 Å². The van der Waals surface area contributed by atoms with Crippen LogP contribution in [0.3, 0.4) is 0 Å². The lowest BCUT2D eigenvalue weighted by Gasteiger charge is -2.43. The van der Waals surface area contributed by atoms with Crippen LogP contribution in [0, 0.1) is 15.5 Å². The van der Waals surface area contributed by atoms with E-state index >= 15 is 0 Å². The zero-order valence-electron chi connectivity index (χ0n) is 19.2. The average Bonchev–Trinajstić information content (AvgIpc) is 2.70. The molecular formula is C22H33N3O6. The summed E-state index contributed by atoms with van der Waals surface area (Å²) in [5.41, 5.74) is -0.0649. The standard InChI is InChI=1S/C22H33N3O6/c1-21(2,3)31-20(27)24-13-11-22(12-14-24,19(26)30-6)18(15-25(28)29)16-7-9-17(10-8-16)23(4)5/h7-10,18H,11-15H2,1-6H3. The van der Waals surface area contributed by atoms with Crippen molar-refractivity contribution in [2.75, 3.05) is 45.7 Å². The summed E-state index contributed by atoms with van der Waals surface area (Å²) in [7, 11) is 5.11. The number of esters is 1. The molecule has 31 heavy (non-hydrogen) atoms. The fraction of sp³-hybridized carbons (Fsp3) is 0.636. The number of piperidine rings is 1. The number of benzene rings is 1. The molecule has 2 rings (SSSR count). The minimum atomic E-state index is -1.10. The van der Waals surface area contributed by atoms with Gasteiger partial charge in [0.1, 0.15) is 5.60 Å². The van der Waals surface area contributed by atoms with Crippen molar-refractivity contribution < 1.29 is 24.0 Å². The molecule has 0 aromatic heterocycles. The maximum Gasteiger partial charge on any atom is 0.410 e. The Morgan fingerprint density at radius 1 is 1.19 bits per heavy atom. The van der Waals surface area contributed by atoms with Crippen molar-refractivity contribution >= 4 is 17.7 Å². The highest BCUT2D eigenvalue weighted by molar-refractivity contribution is 5.79. The molecule has 0 aliphatic carbocycles. The molecule has 1 heterocycles. The van der Waals surface area contributed by atoms with E-state index in [0.717, 1.165) is 5.69 Å². The molecule has 1 aromatic rings. The van der Waals surface area contributed by atoms with Gasteiger partial charge in [0.2, 0.25) is 6.54 Å². The van der Waals surface area contributed by atoms with E-state index < -0.39 is 40.5 Å². The van der Waals surface area contributed by atoms with Crippen molar-refractivity contribution in [1.29, 1.82) is 0 Å². The van der Waals surface area contributed by atoms with Crippen molar-refractivity contribution in [3.63, 3.8) is 0 Å². The number of ether oxygens (including phenoxy) is 2. The van der Waals surface area contributed by atoms with Crippen LogP contribution < -0.4 is 4.90 Å². The van der Waals surface area contributed by atoms with Crippen LogP contribution in [0.2, 0.25) is 0 Å². The van der Waals surface area contributed by atoms with Crippen LogP contribution in [0.1, 0.15) is 45.1 Å².